The quantitative estimate of drug-likeness (QED) is 0.759. The maximum Gasteiger partial charge on any atom is 0.0242 e. The van der Waals surface area contributed by atoms with Crippen molar-refractivity contribution in [1.82, 2.24) is 4.90 Å². The number of hydrogen-bond donors (Lipinski definition) is 0. The van der Waals surface area contributed by atoms with E-state index in [0.29, 0.717) is 11.6 Å². The van der Waals surface area contributed by atoms with Gasteiger partial charge in [0.05, 0.1) is 0 Å². The van der Waals surface area contributed by atoms with E-state index in [4.69, 9.17) is 0 Å². The van der Waals surface area contributed by atoms with Crippen LogP contribution in [0, 0.1) is 0 Å². The van der Waals surface area contributed by atoms with Gasteiger partial charge in [-0.3, -0.25) is 4.90 Å². The molecule has 82 valence electrons. The predicted molar refractivity (Wildman–Crippen MR) is 68.3 cm³/mol. The molecule has 1 heterocycles. The van der Waals surface area contributed by atoms with Gasteiger partial charge in [0.1, 0.15) is 0 Å². The van der Waals surface area contributed by atoms with Crippen molar-refractivity contribution in [3.05, 3.63) is 35.9 Å². The number of alkyl halides is 1. The summed E-state index contributed by atoms with van der Waals surface area (Å²) in [5, 5.41) is 1.09. The highest BCUT2D eigenvalue weighted by Gasteiger charge is 2.43. The van der Waals surface area contributed by atoms with Gasteiger partial charge in [0, 0.05) is 23.5 Å². The highest BCUT2D eigenvalue weighted by molar-refractivity contribution is 9.09. The van der Waals surface area contributed by atoms with E-state index in [0.717, 1.165) is 11.9 Å². The van der Waals surface area contributed by atoms with Gasteiger partial charge in [0.15, 0.2) is 0 Å². The van der Waals surface area contributed by atoms with Gasteiger partial charge in [-0.25, -0.2) is 0 Å². The summed E-state index contributed by atoms with van der Waals surface area (Å²) in [5.74, 6) is 0. The van der Waals surface area contributed by atoms with Gasteiger partial charge in [-0.15, -0.1) is 0 Å². The van der Waals surface area contributed by atoms with Crippen LogP contribution in [-0.4, -0.2) is 21.8 Å². The standard InChI is InChI=1S/C13H18BrN/c1-13(2)8-12(9-14)15(13)10-11-6-4-3-5-7-11/h3-7,12H,8-10H2,1-2H3. The highest BCUT2D eigenvalue weighted by atomic mass is 79.9. The number of halogens is 1. The smallest absolute Gasteiger partial charge is 0.0242 e. The van der Waals surface area contributed by atoms with E-state index < -0.39 is 0 Å². The summed E-state index contributed by atoms with van der Waals surface area (Å²) in [6, 6.07) is 11.4. The minimum Gasteiger partial charge on any atom is -0.290 e. The van der Waals surface area contributed by atoms with Crippen LogP contribution in [-0.2, 0) is 6.54 Å². The third kappa shape index (κ3) is 2.26. The molecule has 1 unspecified atom stereocenters. The summed E-state index contributed by atoms with van der Waals surface area (Å²) in [4.78, 5) is 2.58. The molecule has 0 radical (unpaired) electrons. The van der Waals surface area contributed by atoms with Crippen LogP contribution in [0.4, 0.5) is 0 Å². The molecule has 2 rings (SSSR count). The Labute approximate surface area is 101 Å². The van der Waals surface area contributed by atoms with Crippen LogP contribution in [0.5, 0.6) is 0 Å². The third-order valence-corrected chi connectivity index (χ3v) is 4.07. The van der Waals surface area contributed by atoms with Gasteiger partial charge in [0.2, 0.25) is 0 Å². The zero-order chi connectivity index (χ0) is 10.9. The minimum absolute atomic E-state index is 0.369. The first-order valence-corrected chi connectivity index (χ1v) is 6.62. The molecule has 1 nitrogen and oxygen atoms in total. The van der Waals surface area contributed by atoms with Gasteiger partial charge in [-0.05, 0) is 25.8 Å². The second-order valence-electron chi connectivity index (χ2n) is 4.94. The van der Waals surface area contributed by atoms with Crippen molar-refractivity contribution < 1.29 is 0 Å². The first-order valence-electron chi connectivity index (χ1n) is 5.50. The van der Waals surface area contributed by atoms with E-state index >= 15 is 0 Å². The predicted octanol–water partition coefficient (Wildman–Crippen LogP) is 3.43. The fraction of sp³-hybridized carbons (Fsp3) is 0.538. The van der Waals surface area contributed by atoms with E-state index in [1.165, 1.54) is 12.0 Å². The molecule has 0 saturated carbocycles. The first-order chi connectivity index (χ1) is 7.13. The van der Waals surface area contributed by atoms with Crippen LogP contribution in [0.25, 0.3) is 0 Å². The molecule has 0 aliphatic carbocycles. The minimum atomic E-state index is 0.369. The average Bonchev–Trinajstić information content (AvgIpc) is 2.24. The molecule has 1 fully saturated rings. The molecule has 0 spiro atoms. The maximum atomic E-state index is 3.59. The van der Waals surface area contributed by atoms with Crippen LogP contribution in [0.15, 0.2) is 30.3 Å². The highest BCUT2D eigenvalue weighted by Crippen LogP contribution is 2.38. The lowest BCUT2D eigenvalue weighted by Crippen LogP contribution is -2.62. The Kier molecular flexibility index (Phi) is 3.17. The normalized spacial score (nSPS) is 24.9. The first kappa shape index (κ1) is 11.2. The van der Waals surface area contributed by atoms with Gasteiger partial charge in [-0.2, -0.15) is 0 Å². The fourth-order valence-electron chi connectivity index (χ4n) is 2.45. The molecule has 0 N–H and O–H groups in total. The monoisotopic (exact) mass is 267 g/mol. The molecule has 1 aromatic rings. The zero-order valence-electron chi connectivity index (χ0n) is 9.41. The van der Waals surface area contributed by atoms with Crippen LogP contribution in [0.3, 0.4) is 0 Å². The van der Waals surface area contributed by atoms with Crippen LogP contribution >= 0.6 is 15.9 Å². The summed E-state index contributed by atoms with van der Waals surface area (Å²) >= 11 is 3.59. The second kappa shape index (κ2) is 4.26. The maximum absolute atomic E-state index is 3.59. The lowest BCUT2D eigenvalue weighted by Gasteiger charge is -2.55. The molecule has 1 aromatic carbocycles. The molecule has 1 aliphatic heterocycles. The fourth-order valence-corrected chi connectivity index (χ4v) is 3.03. The molecule has 0 amide bonds. The number of nitrogens with zero attached hydrogens (tertiary/aromatic N) is 1. The molecule has 1 atom stereocenters. The van der Waals surface area contributed by atoms with E-state index in [9.17, 15) is 0 Å². The van der Waals surface area contributed by atoms with Crippen molar-refractivity contribution in [3.63, 3.8) is 0 Å². The Balaban J connectivity index is 2.05. The SMILES string of the molecule is CC1(C)CC(CBr)N1Cc1ccccc1. The molecular weight excluding hydrogens is 250 g/mol. The molecule has 0 aromatic heterocycles. The number of hydrogen-bond acceptors (Lipinski definition) is 1. The summed E-state index contributed by atoms with van der Waals surface area (Å²) in [7, 11) is 0. The van der Waals surface area contributed by atoms with Crippen molar-refractivity contribution in [1.29, 1.82) is 0 Å². The lowest BCUT2D eigenvalue weighted by atomic mass is 9.82. The number of benzene rings is 1. The third-order valence-electron chi connectivity index (χ3n) is 3.33. The Morgan fingerprint density at radius 2 is 2.00 bits per heavy atom. The second-order valence-corrected chi connectivity index (χ2v) is 5.59. The number of rotatable bonds is 3. The van der Waals surface area contributed by atoms with Crippen molar-refractivity contribution in [3.8, 4) is 0 Å². The number of likely N-dealkylation sites (tertiary alicyclic amines) is 1. The van der Waals surface area contributed by atoms with Crippen molar-refractivity contribution in [2.24, 2.45) is 0 Å². The summed E-state index contributed by atoms with van der Waals surface area (Å²) in [6.07, 6.45) is 1.30. The van der Waals surface area contributed by atoms with Crippen LogP contribution < -0.4 is 0 Å². The zero-order valence-corrected chi connectivity index (χ0v) is 11.0. The average molecular weight is 268 g/mol. The molecule has 1 aliphatic rings. The topological polar surface area (TPSA) is 3.24 Å². The molecule has 15 heavy (non-hydrogen) atoms. The van der Waals surface area contributed by atoms with Gasteiger partial charge < -0.3 is 0 Å². The molecular formula is C13H18BrN. The van der Waals surface area contributed by atoms with E-state index in [-0.39, 0.29) is 0 Å². The Morgan fingerprint density at radius 1 is 1.33 bits per heavy atom. The molecule has 1 saturated heterocycles. The van der Waals surface area contributed by atoms with E-state index in [1.807, 2.05) is 0 Å². The largest absolute Gasteiger partial charge is 0.290 e. The van der Waals surface area contributed by atoms with Gasteiger partial charge in [0.25, 0.3) is 0 Å². The van der Waals surface area contributed by atoms with Crippen molar-refractivity contribution >= 4 is 15.9 Å². The van der Waals surface area contributed by atoms with Crippen LogP contribution in [0.2, 0.25) is 0 Å². The summed E-state index contributed by atoms with van der Waals surface area (Å²) in [5.41, 5.74) is 1.78. The van der Waals surface area contributed by atoms with Gasteiger partial charge >= 0.3 is 0 Å². The Morgan fingerprint density at radius 3 is 2.53 bits per heavy atom. The Hall–Kier alpha value is -0.340. The summed E-state index contributed by atoms with van der Waals surface area (Å²) < 4.78 is 0. The Bertz CT molecular complexity index is 321. The van der Waals surface area contributed by atoms with Crippen LogP contribution in [0.1, 0.15) is 25.8 Å². The van der Waals surface area contributed by atoms with E-state index in [2.05, 4.69) is 65.0 Å². The summed E-state index contributed by atoms with van der Waals surface area (Å²) in [6.45, 7) is 5.73. The van der Waals surface area contributed by atoms with Gasteiger partial charge in [-0.1, -0.05) is 46.3 Å². The van der Waals surface area contributed by atoms with Crippen molar-refractivity contribution in [2.45, 2.75) is 38.4 Å². The van der Waals surface area contributed by atoms with Crippen molar-refractivity contribution in [2.75, 3.05) is 5.33 Å². The lowest BCUT2D eigenvalue weighted by molar-refractivity contribution is -0.0446. The molecule has 2 heteroatoms. The molecule has 0 bridgehead atoms. The van der Waals surface area contributed by atoms with E-state index in [1.54, 1.807) is 0 Å².